The van der Waals surface area contributed by atoms with Gasteiger partial charge >= 0.3 is 0 Å². The van der Waals surface area contributed by atoms with Gasteiger partial charge in [-0.15, -0.1) is 11.3 Å². The molecule has 138 valence electrons. The van der Waals surface area contributed by atoms with Crippen LogP contribution < -0.4 is 5.56 Å². The summed E-state index contributed by atoms with van der Waals surface area (Å²) in [6.07, 6.45) is 11.5. The lowest BCUT2D eigenvalue weighted by atomic mass is 9.97. The number of hydrogen-bond acceptors (Lipinski definition) is 5. The summed E-state index contributed by atoms with van der Waals surface area (Å²) in [6.45, 7) is 2.80. The Morgan fingerprint density at radius 3 is 2.92 bits per heavy atom. The van der Waals surface area contributed by atoms with E-state index in [2.05, 4.69) is 16.1 Å². The summed E-state index contributed by atoms with van der Waals surface area (Å²) in [5, 5.41) is 6.04. The van der Waals surface area contributed by atoms with Gasteiger partial charge < -0.3 is 0 Å². The van der Waals surface area contributed by atoms with E-state index in [9.17, 15) is 4.79 Å². The molecule has 2 aromatic heterocycles. The van der Waals surface area contributed by atoms with Crippen LogP contribution in [0.5, 0.6) is 0 Å². The first-order chi connectivity index (χ1) is 12.8. The topological polar surface area (TPSA) is 51.0 Å². The van der Waals surface area contributed by atoms with Crippen molar-refractivity contribution >= 4 is 11.3 Å². The van der Waals surface area contributed by atoms with Crippen molar-refractivity contribution < 1.29 is 0 Å². The predicted molar refractivity (Wildman–Crippen MR) is 103 cm³/mol. The number of aromatic nitrogens is 3. The Hall–Kier alpha value is -1.53. The van der Waals surface area contributed by atoms with Crippen LogP contribution in [0, 0.1) is 0 Å². The number of likely N-dealkylation sites (tertiary alicyclic amines) is 1. The lowest BCUT2D eigenvalue weighted by Gasteiger charge is -2.24. The van der Waals surface area contributed by atoms with Crippen LogP contribution in [0.25, 0.3) is 0 Å². The van der Waals surface area contributed by atoms with Gasteiger partial charge in [0.1, 0.15) is 0 Å². The van der Waals surface area contributed by atoms with E-state index in [0.717, 1.165) is 50.5 Å². The summed E-state index contributed by atoms with van der Waals surface area (Å²) in [6, 6.07) is 2.25. The molecule has 1 atom stereocenters. The molecule has 3 heterocycles. The summed E-state index contributed by atoms with van der Waals surface area (Å²) in [7, 11) is 0. The van der Waals surface area contributed by atoms with Gasteiger partial charge in [-0.1, -0.05) is 0 Å². The fraction of sp³-hybridized carbons (Fsp3) is 0.650. The van der Waals surface area contributed by atoms with Gasteiger partial charge in [0.25, 0.3) is 5.56 Å². The SMILES string of the molecule is O=c1cc2c(nn1CC1CCCN1Cc1cnc(C3CC3)s1)CCCC2. The monoisotopic (exact) mass is 370 g/mol. The molecule has 26 heavy (non-hydrogen) atoms. The van der Waals surface area contributed by atoms with Crippen LogP contribution in [0.4, 0.5) is 0 Å². The Morgan fingerprint density at radius 2 is 2.04 bits per heavy atom. The second-order valence-electron chi connectivity index (χ2n) is 8.05. The van der Waals surface area contributed by atoms with Crippen LogP contribution in [-0.4, -0.2) is 32.3 Å². The number of nitrogens with zero attached hydrogens (tertiary/aromatic N) is 4. The number of hydrogen-bond donors (Lipinski definition) is 0. The summed E-state index contributed by atoms with van der Waals surface area (Å²) in [5.74, 6) is 0.737. The van der Waals surface area contributed by atoms with E-state index < -0.39 is 0 Å². The molecule has 5 nitrogen and oxygen atoms in total. The maximum Gasteiger partial charge on any atom is 0.267 e. The van der Waals surface area contributed by atoms with Crippen molar-refractivity contribution in [2.45, 2.75) is 76.4 Å². The number of aryl methyl sites for hydroxylation is 2. The van der Waals surface area contributed by atoms with Gasteiger partial charge in [-0.05, 0) is 63.5 Å². The smallest absolute Gasteiger partial charge is 0.267 e. The van der Waals surface area contributed by atoms with Gasteiger partial charge in [0.2, 0.25) is 0 Å². The zero-order valence-corrected chi connectivity index (χ0v) is 16.0. The maximum atomic E-state index is 12.5. The molecule has 1 unspecified atom stereocenters. The molecule has 0 spiro atoms. The van der Waals surface area contributed by atoms with Crippen molar-refractivity contribution in [1.82, 2.24) is 19.7 Å². The van der Waals surface area contributed by atoms with Crippen molar-refractivity contribution in [3.8, 4) is 0 Å². The van der Waals surface area contributed by atoms with E-state index in [1.165, 1.54) is 47.6 Å². The molecule has 0 aromatic carbocycles. The number of fused-ring (bicyclic) bond motifs is 1. The van der Waals surface area contributed by atoms with Crippen LogP contribution in [0.3, 0.4) is 0 Å². The molecule has 3 aliphatic rings. The molecule has 0 radical (unpaired) electrons. The number of rotatable bonds is 5. The Labute approximate surface area is 158 Å². The Kier molecular flexibility index (Phi) is 4.41. The second kappa shape index (κ2) is 6.89. The van der Waals surface area contributed by atoms with Gasteiger partial charge in [0.15, 0.2) is 0 Å². The minimum Gasteiger partial charge on any atom is -0.293 e. The molecule has 2 aromatic rings. The second-order valence-corrected chi connectivity index (χ2v) is 9.20. The Balaban J connectivity index is 1.30. The van der Waals surface area contributed by atoms with E-state index >= 15 is 0 Å². The summed E-state index contributed by atoms with van der Waals surface area (Å²) >= 11 is 1.88. The van der Waals surface area contributed by atoms with Crippen molar-refractivity contribution in [1.29, 1.82) is 0 Å². The van der Waals surface area contributed by atoms with Gasteiger partial charge in [-0.2, -0.15) is 5.10 Å². The molecular weight excluding hydrogens is 344 g/mol. The fourth-order valence-corrected chi connectivity index (χ4v) is 5.47. The minimum atomic E-state index is 0.0753. The zero-order chi connectivity index (χ0) is 17.5. The third-order valence-electron chi connectivity index (χ3n) is 6.01. The highest BCUT2D eigenvalue weighted by molar-refractivity contribution is 7.11. The first-order valence-electron chi connectivity index (χ1n) is 10.0. The molecule has 1 aliphatic heterocycles. The fourth-order valence-electron chi connectivity index (χ4n) is 4.36. The molecule has 1 saturated carbocycles. The van der Waals surface area contributed by atoms with Gasteiger partial charge in [0.05, 0.1) is 17.2 Å². The highest BCUT2D eigenvalue weighted by Gasteiger charge is 2.29. The molecule has 5 rings (SSSR count). The molecular formula is C20H26N4OS. The molecule has 2 fully saturated rings. The predicted octanol–water partition coefficient (Wildman–Crippen LogP) is 3.12. The van der Waals surface area contributed by atoms with Crippen LogP contribution in [0.15, 0.2) is 17.1 Å². The molecule has 2 aliphatic carbocycles. The van der Waals surface area contributed by atoms with E-state index in [0.29, 0.717) is 6.04 Å². The Morgan fingerprint density at radius 1 is 1.15 bits per heavy atom. The van der Waals surface area contributed by atoms with Crippen molar-refractivity contribution in [2.75, 3.05) is 6.54 Å². The molecule has 0 N–H and O–H groups in total. The highest BCUT2D eigenvalue weighted by atomic mass is 32.1. The van der Waals surface area contributed by atoms with Crippen LogP contribution in [-0.2, 0) is 25.9 Å². The average Bonchev–Trinajstić information content (AvgIpc) is 3.24. The van der Waals surface area contributed by atoms with Crippen LogP contribution in [0.2, 0.25) is 0 Å². The summed E-state index contributed by atoms with van der Waals surface area (Å²) in [4.78, 5) is 21.0. The average molecular weight is 371 g/mol. The Bertz CT molecular complexity index is 854. The first-order valence-corrected chi connectivity index (χ1v) is 10.9. The molecule has 6 heteroatoms. The largest absolute Gasteiger partial charge is 0.293 e. The third kappa shape index (κ3) is 3.37. The van der Waals surface area contributed by atoms with E-state index in [1.807, 2.05) is 17.4 Å². The number of thiazole rings is 1. The van der Waals surface area contributed by atoms with E-state index in [4.69, 9.17) is 5.10 Å². The third-order valence-corrected chi connectivity index (χ3v) is 7.16. The van der Waals surface area contributed by atoms with Crippen molar-refractivity contribution in [3.05, 3.63) is 43.8 Å². The quantitative estimate of drug-likeness (QED) is 0.811. The lowest BCUT2D eigenvalue weighted by molar-refractivity contribution is 0.217. The van der Waals surface area contributed by atoms with Crippen LogP contribution in [0.1, 0.15) is 65.6 Å². The lowest BCUT2D eigenvalue weighted by Crippen LogP contribution is -2.37. The molecule has 0 amide bonds. The highest BCUT2D eigenvalue weighted by Crippen LogP contribution is 2.42. The van der Waals surface area contributed by atoms with Crippen molar-refractivity contribution in [3.63, 3.8) is 0 Å². The van der Waals surface area contributed by atoms with E-state index in [1.54, 1.807) is 4.68 Å². The van der Waals surface area contributed by atoms with E-state index in [-0.39, 0.29) is 5.56 Å². The maximum absolute atomic E-state index is 12.5. The minimum absolute atomic E-state index is 0.0753. The standard InChI is InChI=1S/C20H26N4OS/c25-19-10-15-4-1-2-6-18(15)22-24(19)12-16-5-3-9-23(16)13-17-11-21-20(26-17)14-7-8-14/h10-11,14,16H,1-9,12-13H2. The van der Waals surface area contributed by atoms with Gasteiger partial charge in [-0.25, -0.2) is 9.67 Å². The molecule has 0 bridgehead atoms. The van der Waals surface area contributed by atoms with Gasteiger partial charge in [0, 0.05) is 35.6 Å². The van der Waals surface area contributed by atoms with Gasteiger partial charge in [-0.3, -0.25) is 9.69 Å². The normalized spacial score (nSPS) is 23.3. The summed E-state index contributed by atoms with van der Waals surface area (Å²) in [5.41, 5.74) is 2.40. The zero-order valence-electron chi connectivity index (χ0n) is 15.2. The van der Waals surface area contributed by atoms with Crippen molar-refractivity contribution in [2.24, 2.45) is 0 Å². The first kappa shape index (κ1) is 16.6. The summed E-state index contributed by atoms with van der Waals surface area (Å²) < 4.78 is 1.73. The van der Waals surface area contributed by atoms with Crippen LogP contribution >= 0.6 is 11.3 Å². The molecule has 1 saturated heterocycles.